The number of carbonyl (C=O) groups is 2. The second kappa shape index (κ2) is 9.02. The number of hydrogen-bond donors (Lipinski definition) is 2. The van der Waals surface area contributed by atoms with Crippen molar-refractivity contribution in [1.82, 2.24) is 0 Å². The van der Waals surface area contributed by atoms with Crippen LogP contribution in [0.25, 0.3) is 0 Å². The lowest BCUT2D eigenvalue weighted by Crippen LogP contribution is -2.16. The van der Waals surface area contributed by atoms with Gasteiger partial charge in [0.1, 0.15) is 0 Å². The monoisotopic (exact) mass is 354 g/mol. The zero-order chi connectivity index (χ0) is 17.4. The summed E-state index contributed by atoms with van der Waals surface area (Å²) in [6, 6.07) is 12.1. The average molecular weight is 355 g/mol. The van der Waals surface area contributed by atoms with Crippen LogP contribution in [0.3, 0.4) is 0 Å². The summed E-state index contributed by atoms with van der Waals surface area (Å²) in [6.45, 7) is 1.70. The summed E-state index contributed by atoms with van der Waals surface area (Å²) in [5, 5.41) is 3.70. The highest BCUT2D eigenvalue weighted by Gasteiger charge is 2.10. The third-order valence-corrected chi connectivity index (χ3v) is 3.60. The van der Waals surface area contributed by atoms with Gasteiger partial charge in [-0.15, -0.1) is 0 Å². The molecule has 2 amide bonds. The molecule has 2 aromatic carbocycles. The van der Waals surface area contributed by atoms with Crippen molar-refractivity contribution in [1.29, 1.82) is 0 Å². The van der Waals surface area contributed by atoms with Crippen molar-refractivity contribution in [2.45, 2.75) is 6.92 Å². The van der Waals surface area contributed by atoms with Crippen LogP contribution in [0.4, 0.5) is 10.5 Å². The van der Waals surface area contributed by atoms with E-state index in [1.807, 2.05) is 12.1 Å². The molecule has 122 valence electrons. The summed E-state index contributed by atoms with van der Waals surface area (Å²) >= 11 is 11.2. The number of amides is 2. The van der Waals surface area contributed by atoms with Gasteiger partial charge in [-0.25, -0.2) is 4.79 Å². The van der Waals surface area contributed by atoms with Crippen LogP contribution in [0, 0.1) is 6.92 Å². The molecule has 7 heteroatoms. The van der Waals surface area contributed by atoms with E-state index in [4.69, 9.17) is 28.9 Å². The Kier molecular flexibility index (Phi) is 7.38. The van der Waals surface area contributed by atoms with E-state index in [1.165, 1.54) is 7.11 Å². The highest BCUT2D eigenvalue weighted by atomic mass is 35.5. The lowest BCUT2D eigenvalue weighted by Gasteiger charge is -2.09. The molecular formula is C16H16Cl2N2O3. The maximum atomic E-state index is 11.0. The van der Waals surface area contributed by atoms with Crippen molar-refractivity contribution in [3.05, 3.63) is 63.6 Å². The molecule has 0 bridgehead atoms. The fourth-order valence-electron chi connectivity index (χ4n) is 1.64. The molecular weight excluding hydrogens is 339 g/mol. The van der Waals surface area contributed by atoms with Crippen molar-refractivity contribution in [3.63, 3.8) is 0 Å². The third kappa shape index (κ3) is 5.81. The third-order valence-electron chi connectivity index (χ3n) is 2.85. The van der Waals surface area contributed by atoms with Gasteiger partial charge in [-0.3, -0.25) is 10.1 Å². The van der Waals surface area contributed by atoms with E-state index in [0.29, 0.717) is 26.9 Å². The van der Waals surface area contributed by atoms with Gasteiger partial charge < -0.3 is 10.5 Å². The largest absolute Gasteiger partial charge is 0.453 e. The zero-order valence-corrected chi connectivity index (χ0v) is 14.1. The first-order valence-electron chi connectivity index (χ1n) is 6.51. The van der Waals surface area contributed by atoms with Gasteiger partial charge in [0.15, 0.2) is 0 Å². The van der Waals surface area contributed by atoms with Gasteiger partial charge in [0.25, 0.3) is 0 Å². The molecule has 2 aromatic rings. The minimum absolute atomic E-state index is 0.379. The molecule has 0 radical (unpaired) electrons. The first-order valence-corrected chi connectivity index (χ1v) is 7.26. The fraction of sp³-hybridized carbons (Fsp3) is 0.125. The van der Waals surface area contributed by atoms with Crippen molar-refractivity contribution in [3.8, 4) is 0 Å². The van der Waals surface area contributed by atoms with Crippen LogP contribution in [0.15, 0.2) is 42.5 Å². The first kappa shape index (κ1) is 18.8. The van der Waals surface area contributed by atoms with Gasteiger partial charge in [0, 0.05) is 11.3 Å². The predicted molar refractivity (Wildman–Crippen MR) is 92.2 cm³/mol. The summed E-state index contributed by atoms with van der Waals surface area (Å²) in [6.07, 6.45) is -0.584. The number of anilines is 1. The van der Waals surface area contributed by atoms with Crippen molar-refractivity contribution in [2.75, 3.05) is 12.4 Å². The molecule has 3 N–H and O–H groups in total. The highest BCUT2D eigenvalue weighted by molar-refractivity contribution is 6.41. The Hall–Kier alpha value is -2.24. The molecule has 0 atom stereocenters. The van der Waals surface area contributed by atoms with Crippen molar-refractivity contribution in [2.24, 2.45) is 5.73 Å². The maximum Gasteiger partial charge on any atom is 0.411 e. The van der Waals surface area contributed by atoms with Crippen LogP contribution >= 0.6 is 23.2 Å². The number of methoxy groups -OCH3 is 1. The summed E-state index contributed by atoms with van der Waals surface area (Å²) in [5.74, 6) is -0.527. The molecule has 0 saturated carbocycles. The number of halogens is 2. The predicted octanol–water partition coefficient (Wildman–Crippen LogP) is 4.27. The van der Waals surface area contributed by atoms with Crippen molar-refractivity contribution < 1.29 is 14.3 Å². The van der Waals surface area contributed by atoms with Crippen LogP contribution in [-0.4, -0.2) is 19.1 Å². The van der Waals surface area contributed by atoms with E-state index in [2.05, 4.69) is 10.1 Å². The van der Waals surface area contributed by atoms with Crippen LogP contribution in [-0.2, 0) is 4.74 Å². The van der Waals surface area contributed by atoms with Gasteiger partial charge in [-0.1, -0.05) is 41.4 Å². The normalized spacial score (nSPS) is 9.39. The first-order chi connectivity index (χ1) is 10.9. The van der Waals surface area contributed by atoms with Crippen LogP contribution in [0.1, 0.15) is 15.9 Å². The van der Waals surface area contributed by atoms with Gasteiger partial charge in [0.2, 0.25) is 5.91 Å². The van der Waals surface area contributed by atoms with E-state index in [0.717, 1.165) is 0 Å². The Labute approximate surface area is 144 Å². The Bertz CT molecular complexity index is 684. The Morgan fingerprint density at radius 3 is 2.04 bits per heavy atom. The molecule has 0 heterocycles. The molecule has 0 fully saturated rings. The molecule has 0 aliphatic carbocycles. The summed E-state index contributed by atoms with van der Waals surface area (Å²) in [5.41, 5.74) is 6.68. The molecule has 0 aliphatic rings. The highest BCUT2D eigenvalue weighted by Crippen LogP contribution is 2.19. The van der Waals surface area contributed by atoms with Crippen LogP contribution < -0.4 is 11.1 Å². The van der Waals surface area contributed by atoms with Gasteiger partial charge in [0.05, 0.1) is 17.2 Å². The molecule has 2 rings (SSSR count). The molecule has 0 spiro atoms. The molecule has 0 aliphatic heterocycles. The molecule has 23 heavy (non-hydrogen) atoms. The number of nitrogens with two attached hydrogens (primary N) is 1. The van der Waals surface area contributed by atoms with Crippen LogP contribution in [0.5, 0.6) is 0 Å². The maximum absolute atomic E-state index is 11.0. The smallest absolute Gasteiger partial charge is 0.411 e. The van der Waals surface area contributed by atoms with E-state index in [1.54, 1.807) is 37.3 Å². The number of rotatable bonds is 2. The van der Waals surface area contributed by atoms with Crippen molar-refractivity contribution >= 4 is 40.9 Å². The Balaban J connectivity index is 0.000000277. The SMILES string of the molecule is COC(=O)Nc1cccc(C(N)=O)c1C.Clc1ccccc1Cl. The molecule has 0 saturated heterocycles. The van der Waals surface area contributed by atoms with Gasteiger partial charge >= 0.3 is 6.09 Å². The number of carbonyl (C=O) groups excluding carboxylic acids is 2. The van der Waals surface area contributed by atoms with Gasteiger partial charge in [-0.05, 0) is 36.8 Å². The minimum Gasteiger partial charge on any atom is -0.453 e. The molecule has 0 aromatic heterocycles. The lowest BCUT2D eigenvalue weighted by atomic mass is 10.1. The standard InChI is InChI=1S/C10H12N2O3.C6H4Cl2/c1-6-7(9(11)13)4-3-5-8(6)12-10(14)15-2;7-5-3-1-2-4-6(5)8/h3-5H,1-2H3,(H2,11,13)(H,12,14);1-4H. The summed E-state index contributed by atoms with van der Waals surface area (Å²) in [4.78, 5) is 22.0. The quantitative estimate of drug-likeness (QED) is 0.844. The number of nitrogens with one attached hydrogen (secondary N) is 1. The number of benzene rings is 2. The van der Waals surface area contributed by atoms with Gasteiger partial charge in [-0.2, -0.15) is 0 Å². The Morgan fingerprint density at radius 2 is 1.61 bits per heavy atom. The molecule has 5 nitrogen and oxygen atoms in total. The van der Waals surface area contributed by atoms with E-state index >= 15 is 0 Å². The van der Waals surface area contributed by atoms with E-state index in [-0.39, 0.29) is 0 Å². The molecule has 0 unspecified atom stereocenters. The Morgan fingerprint density at radius 1 is 1.04 bits per heavy atom. The topological polar surface area (TPSA) is 81.4 Å². The minimum atomic E-state index is -0.584. The fourth-order valence-corrected chi connectivity index (χ4v) is 1.91. The van der Waals surface area contributed by atoms with E-state index in [9.17, 15) is 9.59 Å². The zero-order valence-electron chi connectivity index (χ0n) is 12.6. The summed E-state index contributed by atoms with van der Waals surface area (Å²) < 4.78 is 4.44. The number of hydrogen-bond acceptors (Lipinski definition) is 3. The lowest BCUT2D eigenvalue weighted by molar-refractivity contribution is 0.0999. The van der Waals surface area contributed by atoms with Crippen LogP contribution in [0.2, 0.25) is 10.0 Å². The number of ether oxygens (including phenoxy) is 1. The number of primary amides is 1. The second-order valence-electron chi connectivity index (χ2n) is 4.37. The van der Waals surface area contributed by atoms with E-state index < -0.39 is 12.0 Å². The summed E-state index contributed by atoms with van der Waals surface area (Å²) in [7, 11) is 1.27. The second-order valence-corrected chi connectivity index (χ2v) is 5.19. The average Bonchev–Trinajstić information content (AvgIpc) is 2.52.